The highest BCUT2D eigenvalue weighted by Gasteiger charge is 2.00. The van der Waals surface area contributed by atoms with E-state index in [0.717, 1.165) is 5.56 Å². The van der Waals surface area contributed by atoms with Crippen LogP contribution in [0, 0.1) is 5.82 Å². The van der Waals surface area contributed by atoms with Crippen LogP contribution in [0.3, 0.4) is 0 Å². The van der Waals surface area contributed by atoms with Crippen molar-refractivity contribution >= 4 is 11.6 Å². The van der Waals surface area contributed by atoms with Crippen LogP contribution in [-0.2, 0) is 12.5 Å². The van der Waals surface area contributed by atoms with Crippen LogP contribution in [0.15, 0.2) is 18.2 Å². The van der Waals surface area contributed by atoms with Crippen molar-refractivity contribution in [2.75, 3.05) is 0 Å². The van der Waals surface area contributed by atoms with Crippen molar-refractivity contribution in [2.45, 2.75) is 12.5 Å². The Kier molecular flexibility index (Phi) is 2.85. The summed E-state index contributed by atoms with van der Waals surface area (Å²) in [4.78, 5) is 0. The second-order valence-electron chi connectivity index (χ2n) is 2.22. The van der Waals surface area contributed by atoms with E-state index in [0.29, 0.717) is 11.4 Å². The molecule has 0 saturated heterocycles. The second-order valence-corrected chi connectivity index (χ2v) is 2.48. The van der Waals surface area contributed by atoms with Gasteiger partial charge in [-0.3, -0.25) is 0 Å². The van der Waals surface area contributed by atoms with E-state index in [1.807, 2.05) is 0 Å². The predicted octanol–water partition coefficient (Wildman–Crippen LogP) is 2.06. The number of aliphatic hydroxyl groups is 1. The zero-order valence-corrected chi connectivity index (χ0v) is 6.61. The third-order valence-electron chi connectivity index (χ3n) is 1.44. The molecule has 1 N–H and O–H groups in total. The van der Waals surface area contributed by atoms with Crippen LogP contribution in [0.25, 0.3) is 0 Å². The number of halogens is 2. The van der Waals surface area contributed by atoms with E-state index in [1.54, 1.807) is 6.07 Å². The van der Waals surface area contributed by atoms with Crippen molar-refractivity contribution in [1.82, 2.24) is 0 Å². The Morgan fingerprint density at radius 2 is 2.18 bits per heavy atom. The van der Waals surface area contributed by atoms with Gasteiger partial charge in [0.05, 0.1) is 6.61 Å². The van der Waals surface area contributed by atoms with Gasteiger partial charge >= 0.3 is 0 Å². The van der Waals surface area contributed by atoms with E-state index in [1.165, 1.54) is 12.1 Å². The number of hydrogen-bond donors (Lipinski definition) is 1. The molecule has 60 valence electrons. The first-order valence-electron chi connectivity index (χ1n) is 3.22. The summed E-state index contributed by atoms with van der Waals surface area (Å²) in [5, 5.41) is 8.61. The molecule has 0 amide bonds. The summed E-state index contributed by atoms with van der Waals surface area (Å²) in [6.07, 6.45) is 0. The van der Waals surface area contributed by atoms with E-state index < -0.39 is 5.82 Å². The van der Waals surface area contributed by atoms with E-state index in [4.69, 9.17) is 16.7 Å². The molecule has 0 bridgehead atoms. The molecule has 0 spiro atoms. The lowest BCUT2D eigenvalue weighted by Crippen LogP contribution is -1.90. The van der Waals surface area contributed by atoms with E-state index in [9.17, 15) is 4.39 Å². The first-order chi connectivity index (χ1) is 5.27. The smallest absolute Gasteiger partial charge is 0.129 e. The van der Waals surface area contributed by atoms with Crippen molar-refractivity contribution in [1.29, 1.82) is 0 Å². The van der Waals surface area contributed by atoms with Crippen molar-refractivity contribution in [2.24, 2.45) is 0 Å². The van der Waals surface area contributed by atoms with Gasteiger partial charge in [-0.2, -0.15) is 0 Å². The van der Waals surface area contributed by atoms with Gasteiger partial charge in [0.15, 0.2) is 0 Å². The quantitative estimate of drug-likeness (QED) is 0.681. The predicted molar refractivity (Wildman–Crippen MR) is 41.9 cm³/mol. The molecular formula is C8H8ClFO. The average Bonchev–Trinajstić information content (AvgIpc) is 2.04. The third kappa shape index (κ3) is 1.91. The highest BCUT2D eigenvalue weighted by molar-refractivity contribution is 6.17. The second kappa shape index (κ2) is 3.69. The van der Waals surface area contributed by atoms with Gasteiger partial charge in [0.2, 0.25) is 0 Å². The van der Waals surface area contributed by atoms with Gasteiger partial charge in [0.25, 0.3) is 0 Å². The van der Waals surface area contributed by atoms with Crippen LogP contribution in [0.2, 0.25) is 0 Å². The Hall–Kier alpha value is -0.600. The fourth-order valence-corrected chi connectivity index (χ4v) is 0.968. The van der Waals surface area contributed by atoms with Crippen LogP contribution in [0.4, 0.5) is 4.39 Å². The lowest BCUT2D eigenvalue weighted by atomic mass is 10.1. The summed E-state index contributed by atoms with van der Waals surface area (Å²) in [5.41, 5.74) is 1.03. The normalized spacial score (nSPS) is 10.1. The zero-order chi connectivity index (χ0) is 8.27. The molecule has 1 rings (SSSR count). The molecular weight excluding hydrogens is 167 g/mol. The first-order valence-corrected chi connectivity index (χ1v) is 3.75. The summed E-state index contributed by atoms with van der Waals surface area (Å²) in [5.74, 6) is -0.103. The van der Waals surface area contributed by atoms with Crippen molar-refractivity contribution < 1.29 is 9.50 Å². The van der Waals surface area contributed by atoms with Crippen LogP contribution in [0.1, 0.15) is 11.1 Å². The van der Waals surface area contributed by atoms with Gasteiger partial charge in [-0.25, -0.2) is 4.39 Å². The summed E-state index contributed by atoms with van der Waals surface area (Å²) in [6.45, 7) is -0.269. The van der Waals surface area contributed by atoms with Gasteiger partial charge in [0, 0.05) is 11.4 Å². The number of rotatable bonds is 2. The van der Waals surface area contributed by atoms with E-state index in [2.05, 4.69) is 0 Å². The molecule has 0 radical (unpaired) electrons. The Morgan fingerprint density at radius 1 is 1.45 bits per heavy atom. The Morgan fingerprint density at radius 3 is 2.64 bits per heavy atom. The average molecular weight is 175 g/mol. The van der Waals surface area contributed by atoms with Crippen molar-refractivity contribution in [3.63, 3.8) is 0 Å². The Balaban J connectivity index is 2.99. The largest absolute Gasteiger partial charge is 0.392 e. The Labute approximate surface area is 69.4 Å². The maximum absolute atomic E-state index is 12.8. The topological polar surface area (TPSA) is 20.2 Å². The number of hydrogen-bond acceptors (Lipinski definition) is 1. The number of benzene rings is 1. The van der Waals surface area contributed by atoms with Crippen LogP contribution >= 0.6 is 11.6 Å². The number of alkyl halides is 1. The first kappa shape index (κ1) is 8.50. The maximum Gasteiger partial charge on any atom is 0.129 e. The molecule has 0 atom stereocenters. The third-order valence-corrected chi connectivity index (χ3v) is 1.75. The van der Waals surface area contributed by atoms with Gasteiger partial charge in [-0.1, -0.05) is 12.1 Å². The Bertz CT molecular complexity index is 250. The van der Waals surface area contributed by atoms with E-state index in [-0.39, 0.29) is 6.61 Å². The van der Waals surface area contributed by atoms with Crippen LogP contribution in [-0.4, -0.2) is 5.11 Å². The minimum absolute atomic E-state index is 0.269. The number of aliphatic hydroxyl groups excluding tert-OH is 1. The highest BCUT2D eigenvalue weighted by Crippen LogP contribution is 2.11. The molecule has 0 fully saturated rings. The highest BCUT2D eigenvalue weighted by atomic mass is 35.5. The molecule has 1 nitrogen and oxygen atoms in total. The molecule has 0 aliphatic carbocycles. The monoisotopic (exact) mass is 174 g/mol. The molecule has 0 heterocycles. The zero-order valence-electron chi connectivity index (χ0n) is 5.85. The molecule has 0 aliphatic heterocycles. The summed E-state index contributed by atoms with van der Waals surface area (Å²) in [7, 11) is 0. The molecule has 3 heteroatoms. The SMILES string of the molecule is OCc1ccc(CCl)cc1F. The van der Waals surface area contributed by atoms with Crippen molar-refractivity contribution in [3.8, 4) is 0 Å². The van der Waals surface area contributed by atoms with Gasteiger partial charge in [0.1, 0.15) is 5.82 Å². The molecule has 0 unspecified atom stereocenters. The molecule has 11 heavy (non-hydrogen) atoms. The lowest BCUT2D eigenvalue weighted by Gasteiger charge is -1.99. The molecule has 0 saturated carbocycles. The van der Waals surface area contributed by atoms with Crippen LogP contribution < -0.4 is 0 Å². The maximum atomic E-state index is 12.8. The molecule has 0 aromatic heterocycles. The molecule has 1 aromatic rings. The minimum Gasteiger partial charge on any atom is -0.392 e. The fourth-order valence-electron chi connectivity index (χ4n) is 0.802. The standard InChI is InChI=1S/C8H8ClFO/c9-4-6-1-2-7(5-11)8(10)3-6/h1-3,11H,4-5H2. The summed E-state index contributed by atoms with van der Waals surface area (Å²) < 4.78 is 12.8. The summed E-state index contributed by atoms with van der Waals surface area (Å²) >= 11 is 5.47. The van der Waals surface area contributed by atoms with Crippen molar-refractivity contribution in [3.05, 3.63) is 35.1 Å². The minimum atomic E-state index is -0.398. The van der Waals surface area contributed by atoms with E-state index >= 15 is 0 Å². The summed E-state index contributed by atoms with van der Waals surface area (Å²) in [6, 6.07) is 4.56. The van der Waals surface area contributed by atoms with Crippen LogP contribution in [0.5, 0.6) is 0 Å². The van der Waals surface area contributed by atoms with Gasteiger partial charge in [-0.05, 0) is 11.6 Å². The van der Waals surface area contributed by atoms with Gasteiger partial charge < -0.3 is 5.11 Å². The fraction of sp³-hybridized carbons (Fsp3) is 0.250. The van der Waals surface area contributed by atoms with Gasteiger partial charge in [-0.15, -0.1) is 11.6 Å². The molecule has 1 aromatic carbocycles. The lowest BCUT2D eigenvalue weighted by molar-refractivity contribution is 0.275. The molecule has 0 aliphatic rings.